The number of nitrogens with zero attached hydrogens (tertiary/aromatic N) is 2. The average Bonchev–Trinajstić information content (AvgIpc) is 3.64. The molecule has 2 heterocycles. The van der Waals surface area contributed by atoms with Crippen molar-refractivity contribution in [3.05, 3.63) is 0 Å². The zero-order valence-electron chi connectivity index (χ0n) is 17.5. The van der Waals surface area contributed by atoms with E-state index < -0.39 is 22.9 Å². The first-order valence-electron chi connectivity index (χ1n) is 11.5. The molecular formula is C21H33F3N4O2. The minimum absolute atomic E-state index is 0.0706. The van der Waals surface area contributed by atoms with Crippen molar-refractivity contribution in [2.24, 2.45) is 16.7 Å². The molecule has 6 nitrogen and oxygen atoms in total. The third-order valence-electron chi connectivity index (χ3n) is 8.32. The molecule has 5 rings (SSSR count). The molecule has 170 valence electrons. The van der Waals surface area contributed by atoms with Gasteiger partial charge >= 0.3 is 6.18 Å². The first kappa shape index (κ1) is 21.0. The van der Waals surface area contributed by atoms with E-state index in [2.05, 4.69) is 20.6 Å². The second-order valence-electron chi connectivity index (χ2n) is 10.2. The lowest BCUT2D eigenvalue weighted by atomic mass is 9.91. The van der Waals surface area contributed by atoms with Gasteiger partial charge in [0.05, 0.1) is 16.9 Å². The molecule has 3 saturated carbocycles. The third kappa shape index (κ3) is 3.65. The topological polar surface area (TPSA) is 56.8 Å². The molecule has 2 aliphatic heterocycles. The van der Waals surface area contributed by atoms with Crippen LogP contribution in [0, 0.1) is 16.7 Å². The van der Waals surface area contributed by atoms with E-state index in [1.807, 2.05) is 0 Å². The Balaban J connectivity index is 1.04. The maximum Gasteiger partial charge on any atom is 0.396 e. The van der Waals surface area contributed by atoms with E-state index >= 15 is 0 Å². The predicted octanol–water partition coefficient (Wildman–Crippen LogP) is 1.91. The highest BCUT2D eigenvalue weighted by Crippen LogP contribution is 2.72. The molecule has 3 aliphatic carbocycles. The maximum absolute atomic E-state index is 13.4. The van der Waals surface area contributed by atoms with Gasteiger partial charge in [-0.25, -0.2) is 5.48 Å². The standard InChI is InChI=1S/C21H33F3N4O2/c22-21(23,24)20-12-19(20,13-25-14-20)18(29)26-30-17-5-3-16(4-6-17)28-9-7-27(8-10-28)11-15-1-2-15/h15-17,25H,1-14H2,(H,26,29)/t16-,17+,19?,20?. The normalized spacial score (nSPS) is 40.2. The Morgan fingerprint density at radius 2 is 1.73 bits per heavy atom. The van der Waals surface area contributed by atoms with Crippen LogP contribution in [0.5, 0.6) is 0 Å². The van der Waals surface area contributed by atoms with E-state index in [1.165, 1.54) is 19.4 Å². The smallest absolute Gasteiger partial charge is 0.315 e. The van der Waals surface area contributed by atoms with Crippen molar-refractivity contribution in [3.63, 3.8) is 0 Å². The average molecular weight is 431 g/mol. The molecule has 1 amide bonds. The Bertz CT molecular complexity index is 657. The molecule has 0 spiro atoms. The highest BCUT2D eigenvalue weighted by atomic mass is 19.4. The minimum atomic E-state index is -4.37. The van der Waals surface area contributed by atoms with Gasteiger partial charge in [0.25, 0.3) is 5.91 Å². The molecule has 2 N–H and O–H groups in total. The second-order valence-corrected chi connectivity index (χ2v) is 10.2. The molecule has 0 radical (unpaired) electrons. The lowest BCUT2D eigenvalue weighted by Gasteiger charge is -2.42. The largest absolute Gasteiger partial charge is 0.396 e. The lowest BCUT2D eigenvalue weighted by Crippen LogP contribution is -2.52. The number of hydrogen-bond donors (Lipinski definition) is 2. The second kappa shape index (κ2) is 7.60. The van der Waals surface area contributed by atoms with Gasteiger partial charge in [0, 0.05) is 51.9 Å². The van der Waals surface area contributed by atoms with Crippen molar-refractivity contribution < 1.29 is 22.8 Å². The van der Waals surface area contributed by atoms with Crippen LogP contribution in [-0.2, 0) is 9.63 Å². The van der Waals surface area contributed by atoms with Crippen molar-refractivity contribution in [3.8, 4) is 0 Å². The molecule has 9 heteroatoms. The van der Waals surface area contributed by atoms with Crippen molar-refractivity contribution in [1.82, 2.24) is 20.6 Å². The van der Waals surface area contributed by atoms with Crippen LogP contribution in [0.4, 0.5) is 13.2 Å². The fourth-order valence-electron chi connectivity index (χ4n) is 6.01. The van der Waals surface area contributed by atoms with Crippen LogP contribution in [0.25, 0.3) is 0 Å². The number of piperidine rings is 1. The molecule has 0 bridgehead atoms. The molecule has 30 heavy (non-hydrogen) atoms. The molecule has 2 atom stereocenters. The van der Waals surface area contributed by atoms with Gasteiger partial charge in [0.1, 0.15) is 0 Å². The Hall–Kier alpha value is -0.900. The fraction of sp³-hybridized carbons (Fsp3) is 0.952. The fourth-order valence-corrected chi connectivity index (χ4v) is 6.01. The Morgan fingerprint density at radius 1 is 1.03 bits per heavy atom. The van der Waals surface area contributed by atoms with Gasteiger partial charge in [0.2, 0.25) is 0 Å². The van der Waals surface area contributed by atoms with Gasteiger partial charge in [-0.05, 0) is 50.9 Å². The Kier molecular flexibility index (Phi) is 5.31. The van der Waals surface area contributed by atoms with E-state index in [1.54, 1.807) is 0 Å². The SMILES string of the molecule is O=C(NO[C@H]1CC[C@@H](N2CCN(CC3CC3)CC2)CC1)C12CNCC1(C(F)(F)F)C2. The van der Waals surface area contributed by atoms with Crippen LogP contribution in [0.2, 0.25) is 0 Å². The van der Waals surface area contributed by atoms with Crippen LogP contribution >= 0.6 is 0 Å². The van der Waals surface area contributed by atoms with Gasteiger partial charge in [-0.3, -0.25) is 14.5 Å². The van der Waals surface area contributed by atoms with Crippen LogP contribution < -0.4 is 10.8 Å². The monoisotopic (exact) mass is 430 g/mol. The third-order valence-corrected chi connectivity index (χ3v) is 8.32. The van der Waals surface area contributed by atoms with E-state index in [-0.39, 0.29) is 25.6 Å². The van der Waals surface area contributed by atoms with E-state index in [4.69, 9.17) is 4.84 Å². The predicted molar refractivity (Wildman–Crippen MR) is 104 cm³/mol. The molecule has 5 aliphatic rings. The van der Waals surface area contributed by atoms with Crippen molar-refractivity contribution in [1.29, 1.82) is 0 Å². The molecule has 5 fully saturated rings. The molecule has 2 saturated heterocycles. The number of fused-ring (bicyclic) bond motifs is 1. The van der Waals surface area contributed by atoms with E-state index in [0.717, 1.165) is 57.8 Å². The molecule has 0 aromatic carbocycles. The number of rotatable bonds is 6. The number of halogens is 3. The van der Waals surface area contributed by atoms with Gasteiger partial charge in [-0.1, -0.05) is 0 Å². The maximum atomic E-state index is 13.4. The number of hydrogen-bond acceptors (Lipinski definition) is 5. The Morgan fingerprint density at radius 3 is 2.33 bits per heavy atom. The summed E-state index contributed by atoms with van der Waals surface area (Å²) >= 11 is 0. The van der Waals surface area contributed by atoms with Crippen LogP contribution in [-0.4, -0.2) is 79.8 Å². The minimum Gasteiger partial charge on any atom is -0.315 e. The van der Waals surface area contributed by atoms with Crippen LogP contribution in [0.15, 0.2) is 0 Å². The first-order valence-corrected chi connectivity index (χ1v) is 11.5. The van der Waals surface area contributed by atoms with Gasteiger partial charge in [0.15, 0.2) is 0 Å². The lowest BCUT2D eigenvalue weighted by molar-refractivity contribution is -0.194. The zero-order valence-corrected chi connectivity index (χ0v) is 17.5. The van der Waals surface area contributed by atoms with Crippen LogP contribution in [0.3, 0.4) is 0 Å². The number of alkyl halides is 3. The van der Waals surface area contributed by atoms with Gasteiger partial charge < -0.3 is 10.2 Å². The van der Waals surface area contributed by atoms with Crippen molar-refractivity contribution in [2.45, 2.75) is 63.3 Å². The quantitative estimate of drug-likeness (QED) is 0.631. The summed E-state index contributed by atoms with van der Waals surface area (Å²) in [6, 6.07) is 0.558. The summed E-state index contributed by atoms with van der Waals surface area (Å²) in [5.41, 5.74) is -0.898. The summed E-state index contributed by atoms with van der Waals surface area (Å²) in [5, 5.41) is 2.74. The molecule has 0 aromatic rings. The van der Waals surface area contributed by atoms with Gasteiger partial charge in [-0.2, -0.15) is 13.2 Å². The summed E-state index contributed by atoms with van der Waals surface area (Å²) in [6.45, 7) is 5.70. The number of amides is 1. The summed E-state index contributed by atoms with van der Waals surface area (Å²) < 4.78 is 40.3. The van der Waals surface area contributed by atoms with Crippen LogP contribution in [0.1, 0.15) is 44.9 Å². The van der Waals surface area contributed by atoms with E-state index in [0.29, 0.717) is 6.04 Å². The van der Waals surface area contributed by atoms with Crippen molar-refractivity contribution in [2.75, 3.05) is 45.8 Å². The number of carbonyl (C=O) groups is 1. The number of hydroxylamine groups is 1. The zero-order chi connectivity index (χ0) is 21.0. The summed E-state index contributed by atoms with van der Waals surface area (Å²) in [6.07, 6.45) is 1.90. The number of piperazine rings is 1. The Labute approximate surface area is 175 Å². The van der Waals surface area contributed by atoms with Gasteiger partial charge in [-0.15, -0.1) is 0 Å². The summed E-state index contributed by atoms with van der Waals surface area (Å²) in [5.74, 6) is 0.328. The van der Waals surface area contributed by atoms with E-state index in [9.17, 15) is 18.0 Å². The summed E-state index contributed by atoms with van der Waals surface area (Å²) in [4.78, 5) is 23.3. The highest BCUT2D eigenvalue weighted by molar-refractivity contribution is 5.87. The highest BCUT2D eigenvalue weighted by Gasteiger charge is 2.84. The molecule has 2 unspecified atom stereocenters. The number of carbonyl (C=O) groups excluding carboxylic acids is 1. The number of nitrogens with one attached hydrogen (secondary N) is 2. The first-order chi connectivity index (χ1) is 14.3. The van der Waals surface area contributed by atoms with Crippen molar-refractivity contribution >= 4 is 5.91 Å². The molecule has 0 aromatic heterocycles. The summed E-state index contributed by atoms with van der Waals surface area (Å²) in [7, 11) is 0. The molecular weight excluding hydrogens is 397 g/mol.